The number of hydrogen-bond donors (Lipinski definition) is 3. The first-order chi connectivity index (χ1) is 10.5. The molecule has 0 aromatic carbocycles. The highest BCUT2D eigenvalue weighted by Crippen LogP contribution is 2.49. The summed E-state index contributed by atoms with van der Waals surface area (Å²) in [4.78, 5) is 12.1. The van der Waals surface area contributed by atoms with Gasteiger partial charge in [0.1, 0.15) is 0 Å². The van der Waals surface area contributed by atoms with Crippen molar-refractivity contribution in [3.8, 4) is 0 Å². The first-order valence-corrected chi connectivity index (χ1v) is 8.38. The summed E-state index contributed by atoms with van der Waals surface area (Å²) in [5.41, 5.74) is 0. The van der Waals surface area contributed by atoms with E-state index in [1.807, 2.05) is 13.0 Å². The predicted octanol–water partition coefficient (Wildman–Crippen LogP) is 1.01. The fraction of sp³-hybridized carbons (Fsp3) is 0.824. The van der Waals surface area contributed by atoms with E-state index in [9.17, 15) is 20.1 Å². The molecule has 3 N–H and O–H groups in total. The second-order valence-electron chi connectivity index (χ2n) is 7.23. The van der Waals surface area contributed by atoms with Crippen LogP contribution in [0.15, 0.2) is 12.2 Å². The van der Waals surface area contributed by atoms with E-state index in [0.717, 1.165) is 0 Å². The molecule has 0 spiro atoms. The third-order valence-electron chi connectivity index (χ3n) is 5.43. The highest BCUT2D eigenvalue weighted by Gasteiger charge is 2.53. The minimum atomic E-state index is -0.586. The standard InChI is InChI=1S/C17H26O5/c1-9-2-4-11(18)5-3-10-6-12(19)7-13(10)16(20)14-8-15(14)17(21)22-9/h3,5,9-16,18-20H,2,4,6-8H2,1H3/b5-3+/t9?,10?,11?,12-,13?,14?,15?,16-/m0/s1. The summed E-state index contributed by atoms with van der Waals surface area (Å²) in [6.07, 6.45) is 4.93. The zero-order chi connectivity index (χ0) is 15.9. The van der Waals surface area contributed by atoms with Crippen molar-refractivity contribution in [2.24, 2.45) is 23.7 Å². The van der Waals surface area contributed by atoms with Gasteiger partial charge in [-0.1, -0.05) is 12.2 Å². The van der Waals surface area contributed by atoms with Crippen LogP contribution in [0.1, 0.15) is 39.0 Å². The number of carbonyl (C=O) groups is 1. The Morgan fingerprint density at radius 3 is 2.59 bits per heavy atom. The number of cyclic esters (lactones) is 1. The third-order valence-corrected chi connectivity index (χ3v) is 5.43. The first kappa shape index (κ1) is 16.0. The molecule has 124 valence electrons. The summed E-state index contributed by atoms with van der Waals surface area (Å²) < 4.78 is 5.41. The zero-order valence-corrected chi connectivity index (χ0v) is 13.0. The number of ether oxygens (including phenoxy) is 1. The molecule has 2 saturated carbocycles. The van der Waals surface area contributed by atoms with E-state index in [4.69, 9.17) is 4.74 Å². The van der Waals surface area contributed by atoms with Crippen LogP contribution in [0.5, 0.6) is 0 Å². The molecule has 2 fully saturated rings. The molecule has 3 rings (SSSR count). The molecule has 1 aliphatic heterocycles. The van der Waals surface area contributed by atoms with Gasteiger partial charge in [-0.05, 0) is 56.8 Å². The van der Waals surface area contributed by atoms with E-state index in [1.54, 1.807) is 6.08 Å². The lowest BCUT2D eigenvalue weighted by Gasteiger charge is -2.23. The van der Waals surface area contributed by atoms with Crippen molar-refractivity contribution in [1.82, 2.24) is 0 Å². The van der Waals surface area contributed by atoms with Gasteiger partial charge in [-0.25, -0.2) is 0 Å². The van der Waals surface area contributed by atoms with Gasteiger partial charge in [0.25, 0.3) is 0 Å². The average Bonchev–Trinajstić information content (AvgIpc) is 3.18. The van der Waals surface area contributed by atoms with Gasteiger partial charge in [0.2, 0.25) is 0 Å². The van der Waals surface area contributed by atoms with Crippen molar-refractivity contribution < 1.29 is 24.9 Å². The number of rotatable bonds is 0. The average molecular weight is 310 g/mol. The lowest BCUT2D eigenvalue weighted by atomic mass is 9.87. The molecule has 3 aliphatic rings. The molecule has 2 aliphatic carbocycles. The lowest BCUT2D eigenvalue weighted by molar-refractivity contribution is -0.151. The summed E-state index contributed by atoms with van der Waals surface area (Å²) in [6.45, 7) is 1.84. The Kier molecular flexibility index (Phi) is 4.57. The summed E-state index contributed by atoms with van der Waals surface area (Å²) in [6, 6.07) is 0. The smallest absolute Gasteiger partial charge is 0.309 e. The lowest BCUT2D eigenvalue weighted by Crippen LogP contribution is -2.27. The van der Waals surface area contributed by atoms with Crippen LogP contribution in [-0.2, 0) is 9.53 Å². The van der Waals surface area contributed by atoms with Gasteiger partial charge in [-0.2, -0.15) is 0 Å². The van der Waals surface area contributed by atoms with Crippen molar-refractivity contribution >= 4 is 5.97 Å². The number of aliphatic hydroxyl groups excluding tert-OH is 3. The van der Waals surface area contributed by atoms with Gasteiger partial charge < -0.3 is 20.1 Å². The molecule has 22 heavy (non-hydrogen) atoms. The van der Waals surface area contributed by atoms with Crippen LogP contribution < -0.4 is 0 Å². The predicted molar refractivity (Wildman–Crippen MR) is 79.8 cm³/mol. The summed E-state index contributed by atoms with van der Waals surface area (Å²) in [5.74, 6) is -0.454. The normalized spacial score (nSPS) is 50.6. The SMILES string of the molecule is CC1CCC(O)/C=C/C2C[C@H](O)CC2[C@H](O)C2CC2C(=O)O1. The second-order valence-corrected chi connectivity index (χ2v) is 7.23. The maximum absolute atomic E-state index is 12.1. The van der Waals surface area contributed by atoms with Crippen molar-refractivity contribution in [1.29, 1.82) is 0 Å². The fourth-order valence-electron chi connectivity index (χ4n) is 3.99. The van der Waals surface area contributed by atoms with Gasteiger partial charge >= 0.3 is 5.97 Å². The van der Waals surface area contributed by atoms with Gasteiger partial charge in [-0.3, -0.25) is 4.79 Å². The molecule has 0 aromatic heterocycles. The van der Waals surface area contributed by atoms with Crippen LogP contribution in [0.25, 0.3) is 0 Å². The van der Waals surface area contributed by atoms with Gasteiger partial charge in [0, 0.05) is 0 Å². The Bertz CT molecular complexity index is 448. The highest BCUT2D eigenvalue weighted by molar-refractivity contribution is 5.76. The van der Waals surface area contributed by atoms with Gasteiger partial charge in [-0.15, -0.1) is 0 Å². The quantitative estimate of drug-likeness (QED) is 0.459. The Labute approximate surface area is 131 Å². The highest BCUT2D eigenvalue weighted by atomic mass is 16.5. The van der Waals surface area contributed by atoms with Crippen molar-refractivity contribution in [2.75, 3.05) is 0 Å². The Balaban J connectivity index is 1.78. The number of aliphatic hydroxyl groups is 3. The third kappa shape index (κ3) is 3.36. The minimum absolute atomic E-state index is 0.0422. The fourth-order valence-corrected chi connectivity index (χ4v) is 3.99. The summed E-state index contributed by atoms with van der Waals surface area (Å²) in [5, 5.41) is 30.5. The molecule has 5 heteroatoms. The van der Waals surface area contributed by atoms with Crippen LogP contribution in [-0.4, -0.2) is 45.7 Å². The Morgan fingerprint density at radius 2 is 1.82 bits per heavy atom. The van der Waals surface area contributed by atoms with Crippen LogP contribution in [0, 0.1) is 23.7 Å². The first-order valence-electron chi connectivity index (χ1n) is 8.38. The van der Waals surface area contributed by atoms with Gasteiger partial charge in [0.15, 0.2) is 0 Å². The summed E-state index contributed by atoms with van der Waals surface area (Å²) in [7, 11) is 0. The molecule has 1 heterocycles. The zero-order valence-electron chi connectivity index (χ0n) is 13.0. The molecule has 5 nitrogen and oxygen atoms in total. The van der Waals surface area contributed by atoms with Crippen molar-refractivity contribution in [3.05, 3.63) is 12.2 Å². The molecule has 8 atom stereocenters. The molecule has 0 saturated heterocycles. The van der Waals surface area contributed by atoms with E-state index >= 15 is 0 Å². The molecule has 0 aromatic rings. The molecule has 0 amide bonds. The number of fused-ring (bicyclic) bond motifs is 2. The number of hydrogen-bond acceptors (Lipinski definition) is 5. The van der Waals surface area contributed by atoms with E-state index in [2.05, 4.69) is 0 Å². The maximum atomic E-state index is 12.1. The van der Waals surface area contributed by atoms with Crippen molar-refractivity contribution in [3.63, 3.8) is 0 Å². The van der Waals surface area contributed by atoms with Crippen molar-refractivity contribution in [2.45, 2.75) is 63.4 Å². The summed E-state index contributed by atoms with van der Waals surface area (Å²) >= 11 is 0. The van der Waals surface area contributed by atoms with E-state index in [-0.39, 0.29) is 35.7 Å². The molecule has 0 radical (unpaired) electrons. The largest absolute Gasteiger partial charge is 0.462 e. The monoisotopic (exact) mass is 310 g/mol. The van der Waals surface area contributed by atoms with E-state index in [0.29, 0.717) is 32.1 Å². The molecular formula is C17H26O5. The van der Waals surface area contributed by atoms with Crippen LogP contribution in [0.3, 0.4) is 0 Å². The number of allylic oxidation sites excluding steroid dienone is 1. The molecule has 6 unspecified atom stereocenters. The van der Waals surface area contributed by atoms with E-state index in [1.165, 1.54) is 0 Å². The van der Waals surface area contributed by atoms with Crippen LogP contribution in [0.2, 0.25) is 0 Å². The molecule has 0 bridgehead atoms. The minimum Gasteiger partial charge on any atom is -0.462 e. The number of carbonyl (C=O) groups excluding carboxylic acids is 1. The van der Waals surface area contributed by atoms with E-state index < -0.39 is 18.3 Å². The second kappa shape index (κ2) is 6.30. The van der Waals surface area contributed by atoms with Gasteiger partial charge in [0.05, 0.1) is 30.3 Å². The maximum Gasteiger partial charge on any atom is 0.309 e. The number of esters is 1. The van der Waals surface area contributed by atoms with Crippen LogP contribution >= 0.6 is 0 Å². The van der Waals surface area contributed by atoms with Crippen LogP contribution in [0.4, 0.5) is 0 Å². The Morgan fingerprint density at radius 1 is 1.05 bits per heavy atom. The molecular weight excluding hydrogens is 284 g/mol. The topological polar surface area (TPSA) is 87.0 Å². The Hall–Kier alpha value is -0.910.